The third-order valence-electron chi connectivity index (χ3n) is 9.55. The third-order valence-corrected chi connectivity index (χ3v) is 13.9. The quantitative estimate of drug-likeness (QED) is 0.158. The van der Waals surface area contributed by atoms with Gasteiger partial charge < -0.3 is 24.1 Å². The number of nitrogens with one attached hydrogen (secondary N) is 1. The lowest BCUT2D eigenvalue weighted by molar-refractivity contribution is -0.120. The Morgan fingerprint density at radius 3 is 2.29 bits per heavy atom. The number of hydrogen-bond donors (Lipinski definition) is 1. The van der Waals surface area contributed by atoms with Crippen molar-refractivity contribution < 1.29 is 27.9 Å². The van der Waals surface area contributed by atoms with Gasteiger partial charge in [-0.15, -0.1) is 6.42 Å². The Kier molecular flexibility index (Phi) is 11.7. The van der Waals surface area contributed by atoms with Crippen molar-refractivity contribution in [1.29, 1.82) is 0 Å². The first-order valence-corrected chi connectivity index (χ1v) is 20.5. The van der Waals surface area contributed by atoms with Gasteiger partial charge in [-0.05, 0) is 92.3 Å². The second-order valence-electron chi connectivity index (χ2n) is 16.5. The molecule has 1 aliphatic heterocycles. The molecule has 51 heavy (non-hydrogen) atoms. The van der Waals surface area contributed by atoms with Crippen LogP contribution in [0, 0.1) is 18.2 Å². The van der Waals surface area contributed by atoms with Gasteiger partial charge in [0.15, 0.2) is 0 Å². The summed E-state index contributed by atoms with van der Waals surface area (Å²) >= 11 is 0. The summed E-state index contributed by atoms with van der Waals surface area (Å²) in [6.45, 7) is 22.9. The molecule has 0 bridgehead atoms. The minimum absolute atomic E-state index is 0.0815. The molecular weight excluding hydrogens is 662 g/mol. The molecule has 0 unspecified atom stereocenters. The van der Waals surface area contributed by atoms with Gasteiger partial charge in [0.1, 0.15) is 29.8 Å². The van der Waals surface area contributed by atoms with Crippen LogP contribution in [0.3, 0.4) is 0 Å². The summed E-state index contributed by atoms with van der Waals surface area (Å²) in [6, 6.07) is 13.1. The molecule has 2 amide bonds. The molecule has 2 heterocycles. The van der Waals surface area contributed by atoms with Gasteiger partial charge >= 0.3 is 6.09 Å². The molecule has 1 aromatic heterocycles. The van der Waals surface area contributed by atoms with E-state index in [1.165, 1.54) is 12.1 Å². The highest BCUT2D eigenvalue weighted by atomic mass is 28.4. The number of halogens is 1. The predicted octanol–water partition coefficient (Wildman–Crippen LogP) is 8.53. The molecule has 3 aromatic rings. The van der Waals surface area contributed by atoms with Gasteiger partial charge in [0, 0.05) is 30.4 Å². The second kappa shape index (κ2) is 15.1. The summed E-state index contributed by atoms with van der Waals surface area (Å²) in [6.07, 6.45) is 6.05. The zero-order valence-corrected chi connectivity index (χ0v) is 33.1. The molecular formula is C41H54FN3O5Si. The summed E-state index contributed by atoms with van der Waals surface area (Å²) < 4.78 is 32.0. The monoisotopic (exact) mass is 715 g/mol. The zero-order valence-electron chi connectivity index (χ0n) is 32.1. The first-order valence-electron chi connectivity index (χ1n) is 17.6. The number of alkyl carbamates (subject to hydrolysis) is 1. The van der Waals surface area contributed by atoms with E-state index in [2.05, 4.69) is 58.9 Å². The molecule has 0 saturated heterocycles. The fourth-order valence-corrected chi connectivity index (χ4v) is 6.78. The van der Waals surface area contributed by atoms with E-state index in [4.69, 9.17) is 25.3 Å². The average molecular weight is 716 g/mol. The van der Waals surface area contributed by atoms with Crippen LogP contribution in [0.1, 0.15) is 90.3 Å². The molecule has 10 heteroatoms. The van der Waals surface area contributed by atoms with E-state index < -0.39 is 31.5 Å². The van der Waals surface area contributed by atoms with E-state index in [9.17, 15) is 14.0 Å². The Balaban J connectivity index is 1.80. The van der Waals surface area contributed by atoms with Crippen LogP contribution in [-0.4, -0.2) is 50.1 Å². The molecule has 4 rings (SSSR count). The van der Waals surface area contributed by atoms with E-state index in [0.29, 0.717) is 36.7 Å². The lowest BCUT2D eigenvalue weighted by Gasteiger charge is -2.36. The van der Waals surface area contributed by atoms with Crippen LogP contribution >= 0.6 is 0 Å². The van der Waals surface area contributed by atoms with Crippen LogP contribution in [0.4, 0.5) is 14.9 Å². The van der Waals surface area contributed by atoms with Crippen LogP contribution in [0.5, 0.6) is 11.6 Å². The normalized spacial score (nSPS) is 14.7. The van der Waals surface area contributed by atoms with Gasteiger partial charge in [-0.1, -0.05) is 65.7 Å². The molecule has 2 aromatic carbocycles. The summed E-state index contributed by atoms with van der Waals surface area (Å²) in [7, 11) is -2.32. The Hall–Kier alpha value is -4.36. The smallest absolute Gasteiger partial charge is 0.408 e. The first-order chi connectivity index (χ1) is 23.6. The number of fused-ring (bicyclic) bond motifs is 1. The van der Waals surface area contributed by atoms with Gasteiger partial charge in [0.2, 0.25) is 11.8 Å². The van der Waals surface area contributed by atoms with Gasteiger partial charge in [-0.2, -0.15) is 0 Å². The van der Waals surface area contributed by atoms with Crippen LogP contribution < -0.4 is 19.4 Å². The first kappa shape index (κ1) is 39.4. The number of pyridine rings is 1. The summed E-state index contributed by atoms with van der Waals surface area (Å²) in [5.74, 6) is 3.06. The number of carbonyl (C=O) groups excluding carboxylic acids is 2. The fraction of sp³-hybridized carbons (Fsp3) is 0.488. The van der Waals surface area contributed by atoms with E-state index in [1.54, 1.807) is 37.8 Å². The molecule has 274 valence electrons. The number of nitrogens with zero attached hydrogens (tertiary/aromatic N) is 2. The van der Waals surface area contributed by atoms with Crippen LogP contribution in [0.25, 0.3) is 0 Å². The van der Waals surface area contributed by atoms with Crippen LogP contribution in [0.15, 0.2) is 48.5 Å². The Bertz CT molecular complexity index is 1780. The molecule has 0 radical (unpaired) electrons. The highest BCUT2D eigenvalue weighted by Crippen LogP contribution is 2.44. The lowest BCUT2D eigenvalue weighted by atomic mass is 9.90. The van der Waals surface area contributed by atoms with Crippen LogP contribution in [0.2, 0.25) is 18.1 Å². The number of ether oxygens (including phenoxy) is 2. The maximum Gasteiger partial charge on any atom is 0.408 e. The average Bonchev–Trinajstić information content (AvgIpc) is 3.28. The number of amides is 2. The van der Waals surface area contributed by atoms with Crippen molar-refractivity contribution in [2.75, 3.05) is 18.1 Å². The number of benzene rings is 2. The Morgan fingerprint density at radius 1 is 1.04 bits per heavy atom. The molecule has 0 spiro atoms. The highest BCUT2D eigenvalue weighted by Gasteiger charge is 2.45. The van der Waals surface area contributed by atoms with Crippen molar-refractivity contribution in [2.45, 2.75) is 117 Å². The molecule has 0 fully saturated rings. The maximum atomic E-state index is 14.8. The fourth-order valence-electron chi connectivity index (χ4n) is 5.82. The van der Waals surface area contributed by atoms with Crippen molar-refractivity contribution in [3.8, 4) is 24.0 Å². The number of anilines is 1. The molecule has 1 N–H and O–H groups in total. The zero-order chi connectivity index (χ0) is 37.9. The topological polar surface area (TPSA) is 90.0 Å². The SMILES string of the molecule is C#CCOc1ccc(C[C@H](NC(=O)OC(C)(C)C)C(=O)N2CC(C)(C)c3nc(O[Si](C)(C)C(C)(C)C)c(Cc4ccc(F)cc4)cc32)c(CC)c1. The van der Waals surface area contributed by atoms with Gasteiger partial charge in [-0.3, -0.25) is 4.79 Å². The van der Waals surface area contributed by atoms with Crippen molar-refractivity contribution in [3.63, 3.8) is 0 Å². The van der Waals surface area contributed by atoms with Gasteiger partial charge in [-0.25, -0.2) is 14.2 Å². The minimum Gasteiger partial charge on any atom is -0.530 e. The Morgan fingerprint density at radius 2 is 1.71 bits per heavy atom. The summed E-state index contributed by atoms with van der Waals surface area (Å²) in [4.78, 5) is 34.9. The molecule has 1 atom stereocenters. The number of rotatable bonds is 11. The van der Waals surface area contributed by atoms with Crippen LogP contribution in [-0.2, 0) is 34.2 Å². The number of terminal acetylenes is 1. The minimum atomic E-state index is -2.32. The van der Waals surface area contributed by atoms with Crippen molar-refractivity contribution in [3.05, 3.63) is 82.3 Å². The second-order valence-corrected chi connectivity index (χ2v) is 21.2. The maximum absolute atomic E-state index is 14.8. The highest BCUT2D eigenvalue weighted by molar-refractivity contribution is 6.74. The third kappa shape index (κ3) is 9.70. The lowest BCUT2D eigenvalue weighted by Crippen LogP contribution is -2.51. The van der Waals surface area contributed by atoms with E-state index >= 15 is 0 Å². The number of aromatic nitrogens is 1. The number of hydrogen-bond acceptors (Lipinski definition) is 6. The van der Waals surface area contributed by atoms with E-state index in [1.807, 2.05) is 31.2 Å². The Labute approximate surface area is 304 Å². The summed E-state index contributed by atoms with van der Waals surface area (Å²) in [5, 5.41) is 2.81. The van der Waals surface area contributed by atoms with Gasteiger partial charge in [0.05, 0.1) is 11.4 Å². The molecule has 0 aliphatic carbocycles. The molecule has 8 nitrogen and oxygen atoms in total. The molecule has 0 saturated carbocycles. The van der Waals surface area contributed by atoms with E-state index in [0.717, 1.165) is 27.9 Å². The largest absolute Gasteiger partial charge is 0.530 e. The van der Waals surface area contributed by atoms with Gasteiger partial charge in [0.25, 0.3) is 8.32 Å². The van der Waals surface area contributed by atoms with Crippen molar-refractivity contribution >= 4 is 26.0 Å². The summed E-state index contributed by atoms with van der Waals surface area (Å²) in [5.41, 5.74) is 3.68. The predicted molar refractivity (Wildman–Crippen MR) is 204 cm³/mol. The van der Waals surface area contributed by atoms with E-state index in [-0.39, 0.29) is 29.8 Å². The number of carbonyl (C=O) groups is 2. The number of aryl methyl sites for hydroxylation is 1. The molecule has 1 aliphatic rings. The standard InChI is InChI=1S/C41H54FN3O5Si/c1-13-21-48-32-20-17-29(28(14-2)23-32)24-33(43-38(47)49-39(3,4)5)37(46)45-26-41(9,10)35-34(45)25-30(22-27-15-18-31(42)19-16-27)36(44-35)50-51(11,12)40(6,7)8/h1,15-20,23,25,33H,14,21-22,24,26H2,2-12H3,(H,43,47)/t33-/m0/s1. The van der Waals surface area contributed by atoms with Crippen molar-refractivity contribution in [1.82, 2.24) is 10.3 Å². The van der Waals surface area contributed by atoms with Crippen molar-refractivity contribution in [2.24, 2.45) is 0 Å².